The number of hydrogen-bond acceptors (Lipinski definition) is 4. The van der Waals surface area contributed by atoms with Crippen LogP contribution < -0.4 is 4.90 Å². The lowest BCUT2D eigenvalue weighted by molar-refractivity contribution is 0.186. The molecule has 0 bridgehead atoms. The van der Waals surface area contributed by atoms with Crippen molar-refractivity contribution in [1.82, 2.24) is 14.8 Å². The van der Waals surface area contributed by atoms with Gasteiger partial charge in [-0.05, 0) is 30.2 Å². The van der Waals surface area contributed by atoms with E-state index in [9.17, 15) is 0 Å². The van der Waals surface area contributed by atoms with E-state index >= 15 is 0 Å². The van der Waals surface area contributed by atoms with E-state index < -0.39 is 0 Å². The molecular formula is C21H27ClN4. The van der Waals surface area contributed by atoms with Crippen molar-refractivity contribution < 1.29 is 0 Å². The summed E-state index contributed by atoms with van der Waals surface area (Å²) in [7, 11) is 0. The van der Waals surface area contributed by atoms with Crippen LogP contribution in [0.25, 0.3) is 0 Å². The van der Waals surface area contributed by atoms with Crippen molar-refractivity contribution in [3.05, 3.63) is 58.4 Å². The third-order valence-electron chi connectivity index (χ3n) is 5.55. The Morgan fingerprint density at radius 3 is 2.58 bits per heavy atom. The molecule has 138 valence electrons. The van der Waals surface area contributed by atoms with Crippen molar-refractivity contribution in [2.45, 2.75) is 19.9 Å². The summed E-state index contributed by atoms with van der Waals surface area (Å²) in [5.41, 5.74) is 5.14. The van der Waals surface area contributed by atoms with Gasteiger partial charge in [0.05, 0.1) is 10.7 Å². The summed E-state index contributed by atoms with van der Waals surface area (Å²) < 4.78 is 0. The van der Waals surface area contributed by atoms with Gasteiger partial charge in [0, 0.05) is 70.7 Å². The zero-order valence-electron chi connectivity index (χ0n) is 15.5. The predicted octanol–water partition coefficient (Wildman–Crippen LogP) is 3.22. The molecule has 0 N–H and O–H groups in total. The van der Waals surface area contributed by atoms with Crippen molar-refractivity contribution in [2.75, 3.05) is 50.7 Å². The van der Waals surface area contributed by atoms with Crippen LogP contribution in [0.15, 0.2) is 36.5 Å². The molecule has 2 aromatic rings. The number of anilines is 1. The molecule has 2 aliphatic rings. The third-order valence-corrected chi connectivity index (χ3v) is 5.87. The molecule has 1 saturated heterocycles. The highest BCUT2D eigenvalue weighted by atomic mass is 35.5. The molecule has 1 aromatic heterocycles. The first kappa shape index (κ1) is 17.8. The summed E-state index contributed by atoms with van der Waals surface area (Å²) in [4.78, 5) is 12.2. The molecule has 1 fully saturated rings. The molecule has 4 rings (SSSR count). The molecule has 0 atom stereocenters. The molecule has 5 heteroatoms. The molecule has 0 saturated carbocycles. The zero-order chi connectivity index (χ0) is 17.9. The van der Waals surface area contributed by atoms with E-state index in [0.29, 0.717) is 0 Å². The van der Waals surface area contributed by atoms with Gasteiger partial charge in [-0.2, -0.15) is 0 Å². The highest BCUT2D eigenvalue weighted by molar-refractivity contribution is 6.33. The van der Waals surface area contributed by atoms with Crippen LogP contribution in [0.5, 0.6) is 0 Å². The number of nitrogens with zero attached hydrogens (tertiary/aromatic N) is 4. The second-order valence-corrected chi connectivity index (χ2v) is 7.83. The van der Waals surface area contributed by atoms with Crippen LogP contribution >= 0.6 is 11.6 Å². The summed E-state index contributed by atoms with van der Waals surface area (Å²) in [6, 6.07) is 10.5. The standard InChI is InChI=1S/C21H27ClN4/c1-17-14-18-16-25(7-6-20(18)23-15-17)9-8-24-10-12-26(13-11-24)21-5-3-2-4-19(21)22/h2-5,14-15H,6-13,16H2,1H3. The second kappa shape index (κ2) is 7.95. The molecule has 4 nitrogen and oxygen atoms in total. The van der Waals surface area contributed by atoms with E-state index in [4.69, 9.17) is 11.6 Å². The van der Waals surface area contributed by atoms with Gasteiger partial charge in [0.1, 0.15) is 0 Å². The number of piperazine rings is 1. The fraction of sp³-hybridized carbons (Fsp3) is 0.476. The number of halogens is 1. The molecule has 2 aliphatic heterocycles. The molecule has 3 heterocycles. The highest BCUT2D eigenvalue weighted by Gasteiger charge is 2.21. The smallest absolute Gasteiger partial charge is 0.0639 e. The van der Waals surface area contributed by atoms with Gasteiger partial charge in [-0.1, -0.05) is 29.8 Å². The molecule has 26 heavy (non-hydrogen) atoms. The number of aromatic nitrogens is 1. The zero-order valence-corrected chi connectivity index (χ0v) is 16.3. The lowest BCUT2D eigenvalue weighted by Gasteiger charge is -2.37. The Morgan fingerprint density at radius 1 is 1.00 bits per heavy atom. The van der Waals surface area contributed by atoms with Gasteiger partial charge >= 0.3 is 0 Å². The summed E-state index contributed by atoms with van der Waals surface area (Å²) >= 11 is 6.34. The Balaban J connectivity index is 1.26. The van der Waals surface area contributed by atoms with Crippen molar-refractivity contribution in [3.63, 3.8) is 0 Å². The van der Waals surface area contributed by atoms with Crippen LogP contribution in [0, 0.1) is 6.92 Å². The van der Waals surface area contributed by atoms with Crippen molar-refractivity contribution in [3.8, 4) is 0 Å². The molecule has 0 spiro atoms. The lowest BCUT2D eigenvalue weighted by atomic mass is 10.0. The van der Waals surface area contributed by atoms with Crippen LogP contribution in [-0.2, 0) is 13.0 Å². The van der Waals surface area contributed by atoms with Crippen LogP contribution in [-0.4, -0.2) is 60.6 Å². The van der Waals surface area contributed by atoms with Gasteiger partial charge in [-0.25, -0.2) is 0 Å². The second-order valence-electron chi connectivity index (χ2n) is 7.42. The predicted molar refractivity (Wildman–Crippen MR) is 108 cm³/mol. The minimum absolute atomic E-state index is 0.858. The molecule has 0 aliphatic carbocycles. The molecular weight excluding hydrogens is 344 g/mol. The molecule has 0 unspecified atom stereocenters. The topological polar surface area (TPSA) is 22.6 Å². The summed E-state index contributed by atoms with van der Waals surface area (Å²) in [6.45, 7) is 10.9. The van der Waals surface area contributed by atoms with Gasteiger partial charge in [-0.15, -0.1) is 0 Å². The Labute approximate surface area is 161 Å². The number of hydrogen-bond donors (Lipinski definition) is 0. The highest BCUT2D eigenvalue weighted by Crippen LogP contribution is 2.26. The van der Waals surface area contributed by atoms with E-state index in [2.05, 4.69) is 44.8 Å². The quantitative estimate of drug-likeness (QED) is 0.824. The molecule has 0 radical (unpaired) electrons. The first-order chi connectivity index (χ1) is 12.7. The van der Waals surface area contributed by atoms with E-state index in [1.165, 1.54) is 22.5 Å². The summed E-state index contributed by atoms with van der Waals surface area (Å²) in [5, 5.41) is 0.858. The van der Waals surface area contributed by atoms with Crippen molar-refractivity contribution in [2.24, 2.45) is 0 Å². The van der Waals surface area contributed by atoms with Gasteiger partial charge in [0.25, 0.3) is 0 Å². The fourth-order valence-corrected chi connectivity index (χ4v) is 4.25. The first-order valence-corrected chi connectivity index (χ1v) is 9.95. The number of para-hydroxylation sites is 1. The largest absolute Gasteiger partial charge is 0.368 e. The van der Waals surface area contributed by atoms with Crippen molar-refractivity contribution in [1.29, 1.82) is 0 Å². The van der Waals surface area contributed by atoms with Crippen LogP contribution in [0.2, 0.25) is 5.02 Å². The number of fused-ring (bicyclic) bond motifs is 1. The maximum absolute atomic E-state index is 6.34. The Bertz CT molecular complexity index is 755. The monoisotopic (exact) mass is 370 g/mol. The van der Waals surface area contributed by atoms with E-state index in [-0.39, 0.29) is 0 Å². The Hall–Kier alpha value is -1.62. The summed E-state index contributed by atoms with van der Waals surface area (Å²) in [6.07, 6.45) is 3.07. The number of pyridine rings is 1. The number of rotatable bonds is 4. The number of aryl methyl sites for hydroxylation is 1. The van der Waals surface area contributed by atoms with Crippen LogP contribution in [0.3, 0.4) is 0 Å². The van der Waals surface area contributed by atoms with Crippen LogP contribution in [0.4, 0.5) is 5.69 Å². The van der Waals surface area contributed by atoms with Crippen molar-refractivity contribution >= 4 is 17.3 Å². The maximum Gasteiger partial charge on any atom is 0.0639 e. The Kier molecular flexibility index (Phi) is 5.44. The van der Waals surface area contributed by atoms with Crippen LogP contribution in [0.1, 0.15) is 16.8 Å². The third kappa shape index (κ3) is 4.03. The minimum Gasteiger partial charge on any atom is -0.368 e. The summed E-state index contributed by atoms with van der Waals surface area (Å²) in [5.74, 6) is 0. The first-order valence-electron chi connectivity index (χ1n) is 9.57. The SMILES string of the molecule is Cc1cnc2c(c1)CN(CCN1CCN(c3ccccc3Cl)CC1)CC2. The minimum atomic E-state index is 0.858. The van der Waals surface area contributed by atoms with E-state index in [0.717, 1.165) is 63.8 Å². The van der Waals surface area contributed by atoms with Gasteiger partial charge < -0.3 is 4.90 Å². The van der Waals surface area contributed by atoms with Gasteiger partial charge in [0.15, 0.2) is 0 Å². The average Bonchev–Trinajstić information content (AvgIpc) is 2.67. The van der Waals surface area contributed by atoms with E-state index in [1.54, 1.807) is 0 Å². The lowest BCUT2D eigenvalue weighted by Crippen LogP contribution is -2.49. The maximum atomic E-state index is 6.34. The van der Waals surface area contributed by atoms with E-state index in [1.807, 2.05) is 18.3 Å². The number of benzene rings is 1. The molecule has 0 amide bonds. The van der Waals surface area contributed by atoms with Gasteiger partial charge in [0.2, 0.25) is 0 Å². The molecule has 1 aromatic carbocycles. The Morgan fingerprint density at radius 2 is 1.77 bits per heavy atom. The average molecular weight is 371 g/mol. The van der Waals surface area contributed by atoms with Gasteiger partial charge in [-0.3, -0.25) is 14.8 Å². The normalized spacial score (nSPS) is 18.8. The fourth-order valence-electron chi connectivity index (χ4n) is 4.00.